The number of benzene rings is 1. The Morgan fingerprint density at radius 2 is 2.08 bits per heavy atom. The molecule has 3 heteroatoms. The molecule has 1 amide bonds. The molecule has 3 nitrogen and oxygen atoms in total. The summed E-state index contributed by atoms with van der Waals surface area (Å²) in [7, 11) is 1.42. The lowest BCUT2D eigenvalue weighted by Crippen LogP contribution is -2.22. The van der Waals surface area contributed by atoms with Gasteiger partial charge in [0.2, 0.25) is 0 Å². The van der Waals surface area contributed by atoms with Gasteiger partial charge in [0.05, 0.1) is 7.11 Å². The van der Waals surface area contributed by atoms with Crippen molar-refractivity contribution in [1.82, 2.24) is 5.48 Å². The van der Waals surface area contributed by atoms with Crippen LogP contribution in [0.25, 0.3) is 0 Å². The first kappa shape index (κ1) is 9.74. The van der Waals surface area contributed by atoms with E-state index in [9.17, 15) is 4.79 Å². The summed E-state index contributed by atoms with van der Waals surface area (Å²) in [5.41, 5.74) is 4.95. The number of amides is 1. The second-order valence-electron chi connectivity index (χ2n) is 2.95. The van der Waals surface area contributed by atoms with E-state index in [1.807, 2.05) is 32.0 Å². The number of hydrogen-bond acceptors (Lipinski definition) is 2. The predicted molar refractivity (Wildman–Crippen MR) is 50.4 cm³/mol. The summed E-state index contributed by atoms with van der Waals surface area (Å²) in [6, 6.07) is 5.72. The van der Waals surface area contributed by atoms with Gasteiger partial charge in [0.1, 0.15) is 0 Å². The van der Waals surface area contributed by atoms with E-state index in [-0.39, 0.29) is 5.91 Å². The minimum absolute atomic E-state index is 0.205. The maximum absolute atomic E-state index is 11.4. The lowest BCUT2D eigenvalue weighted by Gasteiger charge is -2.05. The highest BCUT2D eigenvalue weighted by atomic mass is 16.6. The number of rotatable bonds is 2. The molecule has 0 aliphatic carbocycles. The van der Waals surface area contributed by atoms with Gasteiger partial charge in [-0.05, 0) is 25.5 Å². The summed E-state index contributed by atoms with van der Waals surface area (Å²) in [4.78, 5) is 15.9. The fourth-order valence-corrected chi connectivity index (χ4v) is 1.13. The van der Waals surface area contributed by atoms with E-state index >= 15 is 0 Å². The molecule has 70 valence electrons. The summed E-state index contributed by atoms with van der Waals surface area (Å²) < 4.78 is 0. The van der Waals surface area contributed by atoms with E-state index in [0.29, 0.717) is 5.56 Å². The van der Waals surface area contributed by atoms with Crippen molar-refractivity contribution in [3.05, 3.63) is 34.9 Å². The van der Waals surface area contributed by atoms with Gasteiger partial charge in [-0.3, -0.25) is 9.63 Å². The second-order valence-corrected chi connectivity index (χ2v) is 2.95. The zero-order valence-corrected chi connectivity index (χ0v) is 8.05. The molecule has 0 radical (unpaired) electrons. The van der Waals surface area contributed by atoms with Crippen molar-refractivity contribution in [2.75, 3.05) is 7.11 Å². The fourth-order valence-electron chi connectivity index (χ4n) is 1.13. The third-order valence-electron chi connectivity index (χ3n) is 1.83. The largest absolute Gasteiger partial charge is 0.277 e. The van der Waals surface area contributed by atoms with Crippen LogP contribution in [0.1, 0.15) is 21.5 Å². The van der Waals surface area contributed by atoms with Crippen molar-refractivity contribution in [1.29, 1.82) is 0 Å². The van der Waals surface area contributed by atoms with Crippen LogP contribution in [0, 0.1) is 13.8 Å². The van der Waals surface area contributed by atoms with Gasteiger partial charge < -0.3 is 0 Å². The van der Waals surface area contributed by atoms with Gasteiger partial charge in [-0.1, -0.05) is 17.7 Å². The Morgan fingerprint density at radius 3 is 2.69 bits per heavy atom. The number of carbonyl (C=O) groups is 1. The molecule has 0 heterocycles. The Labute approximate surface area is 77.7 Å². The second kappa shape index (κ2) is 4.05. The third kappa shape index (κ3) is 2.29. The average molecular weight is 179 g/mol. The van der Waals surface area contributed by atoms with Crippen molar-refractivity contribution >= 4 is 5.91 Å². The zero-order valence-electron chi connectivity index (χ0n) is 8.05. The third-order valence-corrected chi connectivity index (χ3v) is 1.83. The van der Waals surface area contributed by atoms with Gasteiger partial charge >= 0.3 is 0 Å². The van der Waals surface area contributed by atoms with Gasteiger partial charge in [-0.15, -0.1) is 0 Å². The average Bonchev–Trinajstić information content (AvgIpc) is 2.09. The smallest absolute Gasteiger partial charge is 0.275 e. The monoisotopic (exact) mass is 179 g/mol. The lowest BCUT2D eigenvalue weighted by molar-refractivity contribution is 0.0537. The van der Waals surface area contributed by atoms with E-state index in [1.54, 1.807) is 0 Å². The van der Waals surface area contributed by atoms with Gasteiger partial charge in [0.15, 0.2) is 0 Å². The number of hydrogen-bond donors (Lipinski definition) is 1. The predicted octanol–water partition coefficient (Wildman–Crippen LogP) is 1.59. The van der Waals surface area contributed by atoms with Crippen LogP contribution in [0.4, 0.5) is 0 Å². The molecule has 1 aromatic carbocycles. The summed E-state index contributed by atoms with van der Waals surface area (Å²) in [5, 5.41) is 0. The molecule has 0 saturated heterocycles. The molecule has 0 aliphatic rings. The first-order valence-corrected chi connectivity index (χ1v) is 4.05. The Bertz CT molecular complexity index is 321. The first-order chi connectivity index (χ1) is 6.15. The first-order valence-electron chi connectivity index (χ1n) is 4.05. The van der Waals surface area contributed by atoms with Gasteiger partial charge in [0.25, 0.3) is 5.91 Å². The van der Waals surface area contributed by atoms with Crippen LogP contribution >= 0.6 is 0 Å². The Balaban J connectivity index is 2.99. The van der Waals surface area contributed by atoms with Crippen molar-refractivity contribution in [3.63, 3.8) is 0 Å². The number of aryl methyl sites for hydroxylation is 2. The maximum atomic E-state index is 11.4. The summed E-state index contributed by atoms with van der Waals surface area (Å²) >= 11 is 0. The molecule has 0 unspecified atom stereocenters. The maximum Gasteiger partial charge on any atom is 0.275 e. The number of hydroxylamine groups is 1. The minimum Gasteiger partial charge on any atom is -0.277 e. The number of nitrogens with one attached hydrogen (secondary N) is 1. The molecule has 13 heavy (non-hydrogen) atoms. The van der Waals surface area contributed by atoms with Crippen LogP contribution in [-0.4, -0.2) is 13.0 Å². The van der Waals surface area contributed by atoms with Crippen LogP contribution in [0.2, 0.25) is 0 Å². The van der Waals surface area contributed by atoms with E-state index in [2.05, 4.69) is 10.3 Å². The fraction of sp³-hybridized carbons (Fsp3) is 0.300. The van der Waals surface area contributed by atoms with Crippen LogP contribution in [0.5, 0.6) is 0 Å². The van der Waals surface area contributed by atoms with E-state index in [0.717, 1.165) is 11.1 Å². The molecule has 0 fully saturated rings. The molecule has 1 rings (SSSR count). The lowest BCUT2D eigenvalue weighted by atomic mass is 10.1. The Kier molecular flexibility index (Phi) is 3.03. The topological polar surface area (TPSA) is 38.3 Å². The van der Waals surface area contributed by atoms with Crippen molar-refractivity contribution in [2.24, 2.45) is 0 Å². The minimum atomic E-state index is -0.205. The molecule has 0 saturated carbocycles. The van der Waals surface area contributed by atoms with E-state index in [1.165, 1.54) is 7.11 Å². The van der Waals surface area contributed by atoms with E-state index in [4.69, 9.17) is 0 Å². The molecule has 0 atom stereocenters. The van der Waals surface area contributed by atoms with Gasteiger partial charge in [0, 0.05) is 5.56 Å². The number of carbonyl (C=O) groups excluding carboxylic acids is 1. The summed E-state index contributed by atoms with van der Waals surface area (Å²) in [6.07, 6.45) is 0. The van der Waals surface area contributed by atoms with Gasteiger partial charge in [-0.2, -0.15) is 0 Å². The Hall–Kier alpha value is -1.35. The van der Waals surface area contributed by atoms with Crippen LogP contribution < -0.4 is 5.48 Å². The molecule has 0 aliphatic heterocycles. The van der Waals surface area contributed by atoms with Crippen LogP contribution in [0.3, 0.4) is 0 Å². The highest BCUT2D eigenvalue weighted by Gasteiger charge is 2.07. The normalized spacial score (nSPS) is 9.77. The van der Waals surface area contributed by atoms with Crippen LogP contribution in [0.15, 0.2) is 18.2 Å². The van der Waals surface area contributed by atoms with Gasteiger partial charge in [-0.25, -0.2) is 5.48 Å². The van der Waals surface area contributed by atoms with Crippen molar-refractivity contribution in [2.45, 2.75) is 13.8 Å². The van der Waals surface area contributed by atoms with Crippen LogP contribution in [-0.2, 0) is 4.84 Å². The standard InChI is InChI=1S/C10H13NO2/c1-7-4-5-8(2)9(6-7)10(12)11-13-3/h4-6H,1-3H3,(H,11,12). The molecular weight excluding hydrogens is 166 g/mol. The molecule has 1 N–H and O–H groups in total. The van der Waals surface area contributed by atoms with Crippen molar-refractivity contribution < 1.29 is 9.63 Å². The highest BCUT2D eigenvalue weighted by molar-refractivity contribution is 5.95. The van der Waals surface area contributed by atoms with E-state index < -0.39 is 0 Å². The molecule has 1 aromatic rings. The molecule has 0 bridgehead atoms. The SMILES string of the molecule is CONC(=O)c1cc(C)ccc1C. The quantitative estimate of drug-likeness (QED) is 0.700. The highest BCUT2D eigenvalue weighted by Crippen LogP contribution is 2.10. The summed E-state index contributed by atoms with van der Waals surface area (Å²) in [5.74, 6) is -0.205. The molecule has 0 aromatic heterocycles. The Morgan fingerprint density at radius 1 is 1.38 bits per heavy atom. The summed E-state index contributed by atoms with van der Waals surface area (Å²) in [6.45, 7) is 3.84. The van der Waals surface area contributed by atoms with Crippen molar-refractivity contribution in [3.8, 4) is 0 Å². The zero-order chi connectivity index (χ0) is 9.84. The molecule has 0 spiro atoms. The molecular formula is C10H13NO2.